The number of hydrogen-bond donors (Lipinski definition) is 1. The van der Waals surface area contributed by atoms with Gasteiger partial charge in [-0.25, -0.2) is 4.98 Å². The molecule has 1 amide bonds. The second kappa shape index (κ2) is 7.27. The molecule has 142 valence electrons. The summed E-state index contributed by atoms with van der Waals surface area (Å²) in [6, 6.07) is 9.39. The predicted molar refractivity (Wildman–Crippen MR) is 104 cm³/mol. The van der Waals surface area contributed by atoms with Gasteiger partial charge < -0.3 is 14.6 Å². The molecular formula is C20H21N7O. The maximum Gasteiger partial charge on any atom is 0.272 e. The zero-order valence-corrected chi connectivity index (χ0v) is 15.8. The van der Waals surface area contributed by atoms with Crippen molar-refractivity contribution >= 4 is 17.2 Å². The van der Waals surface area contributed by atoms with E-state index in [0.29, 0.717) is 29.7 Å². The van der Waals surface area contributed by atoms with Crippen LogP contribution in [0.4, 0.5) is 5.82 Å². The minimum atomic E-state index is -0.169. The SMILES string of the molecule is CC(C)c1ccc2c(C(=O)N[C@H]3CCN(c4ccc(C#N)nn4)C3)ncn2c1. The first-order chi connectivity index (χ1) is 13.5. The molecule has 0 unspecified atom stereocenters. The lowest BCUT2D eigenvalue weighted by Crippen LogP contribution is -2.37. The molecule has 1 atom stereocenters. The van der Waals surface area contributed by atoms with Crippen molar-refractivity contribution in [2.75, 3.05) is 18.0 Å². The van der Waals surface area contributed by atoms with Gasteiger partial charge in [0.2, 0.25) is 0 Å². The number of anilines is 1. The van der Waals surface area contributed by atoms with Gasteiger partial charge in [-0.15, -0.1) is 10.2 Å². The average molecular weight is 375 g/mol. The van der Waals surface area contributed by atoms with Gasteiger partial charge >= 0.3 is 0 Å². The topological polar surface area (TPSA) is 99.2 Å². The summed E-state index contributed by atoms with van der Waals surface area (Å²) in [5.74, 6) is 0.959. The molecule has 1 N–H and O–H groups in total. The highest BCUT2D eigenvalue weighted by molar-refractivity contribution is 5.99. The number of fused-ring (bicyclic) bond motifs is 1. The summed E-state index contributed by atoms with van der Waals surface area (Å²) in [6.45, 7) is 5.69. The van der Waals surface area contributed by atoms with Gasteiger partial charge in [0.15, 0.2) is 17.2 Å². The molecule has 1 aliphatic heterocycles. The Balaban J connectivity index is 1.44. The number of hydrogen-bond acceptors (Lipinski definition) is 6. The molecule has 28 heavy (non-hydrogen) atoms. The molecule has 8 heteroatoms. The van der Waals surface area contributed by atoms with Gasteiger partial charge in [0, 0.05) is 25.3 Å². The number of pyridine rings is 1. The van der Waals surface area contributed by atoms with Crippen LogP contribution < -0.4 is 10.2 Å². The first-order valence-electron chi connectivity index (χ1n) is 9.31. The second-order valence-electron chi connectivity index (χ2n) is 7.30. The van der Waals surface area contributed by atoms with Crippen molar-refractivity contribution in [3.63, 3.8) is 0 Å². The molecule has 4 heterocycles. The Hall–Kier alpha value is -3.47. The lowest BCUT2D eigenvalue weighted by atomic mass is 10.1. The smallest absolute Gasteiger partial charge is 0.272 e. The number of imidazole rings is 1. The number of carbonyl (C=O) groups is 1. The van der Waals surface area contributed by atoms with Crippen LogP contribution in [-0.2, 0) is 0 Å². The first kappa shape index (κ1) is 17.9. The summed E-state index contributed by atoms with van der Waals surface area (Å²) in [4.78, 5) is 19.1. The molecule has 0 bridgehead atoms. The molecular weight excluding hydrogens is 354 g/mol. The van der Waals surface area contributed by atoms with Crippen LogP contribution in [0.3, 0.4) is 0 Å². The lowest BCUT2D eigenvalue weighted by molar-refractivity contribution is 0.0937. The van der Waals surface area contributed by atoms with E-state index in [0.717, 1.165) is 18.5 Å². The molecule has 0 spiro atoms. The van der Waals surface area contributed by atoms with Crippen molar-refractivity contribution in [2.24, 2.45) is 0 Å². The van der Waals surface area contributed by atoms with Crippen LogP contribution in [0, 0.1) is 11.3 Å². The van der Waals surface area contributed by atoms with Crippen molar-refractivity contribution in [1.29, 1.82) is 5.26 Å². The Morgan fingerprint density at radius 3 is 2.86 bits per heavy atom. The summed E-state index contributed by atoms with van der Waals surface area (Å²) in [5.41, 5.74) is 2.73. The highest BCUT2D eigenvalue weighted by atomic mass is 16.2. The molecule has 0 radical (unpaired) electrons. The Bertz CT molecular complexity index is 1050. The van der Waals surface area contributed by atoms with E-state index in [1.165, 1.54) is 5.56 Å². The van der Waals surface area contributed by atoms with E-state index in [9.17, 15) is 4.79 Å². The van der Waals surface area contributed by atoms with E-state index >= 15 is 0 Å². The van der Waals surface area contributed by atoms with E-state index in [-0.39, 0.29) is 11.9 Å². The zero-order chi connectivity index (χ0) is 19.7. The zero-order valence-electron chi connectivity index (χ0n) is 15.8. The summed E-state index contributed by atoms with van der Waals surface area (Å²) >= 11 is 0. The maximum absolute atomic E-state index is 12.8. The van der Waals surface area contributed by atoms with Crippen LogP contribution in [0.25, 0.3) is 5.52 Å². The quantitative estimate of drug-likeness (QED) is 0.750. The molecule has 3 aromatic rings. The summed E-state index contributed by atoms with van der Waals surface area (Å²) in [7, 11) is 0. The largest absolute Gasteiger partial charge is 0.353 e. The first-order valence-corrected chi connectivity index (χ1v) is 9.31. The monoisotopic (exact) mass is 375 g/mol. The number of nitrogens with one attached hydrogen (secondary N) is 1. The number of amides is 1. The number of aromatic nitrogens is 4. The third-order valence-electron chi connectivity index (χ3n) is 5.05. The standard InChI is InChI=1S/C20H21N7O/c1-13(2)14-3-5-17-19(22-12-27(17)10-14)20(28)23-16-7-8-26(11-16)18-6-4-15(9-21)24-25-18/h3-6,10,12-13,16H,7-8,11H2,1-2H3,(H,23,28)/t16-/m0/s1. The van der Waals surface area contributed by atoms with Crippen molar-refractivity contribution in [2.45, 2.75) is 32.2 Å². The Labute approximate surface area is 162 Å². The molecule has 8 nitrogen and oxygen atoms in total. The number of rotatable bonds is 4. The summed E-state index contributed by atoms with van der Waals surface area (Å²) in [6.07, 6.45) is 4.52. The van der Waals surface area contributed by atoms with E-state index in [4.69, 9.17) is 5.26 Å². The van der Waals surface area contributed by atoms with Crippen LogP contribution in [-0.4, -0.2) is 44.6 Å². The molecule has 3 aromatic heterocycles. The van der Waals surface area contributed by atoms with Crippen LogP contribution in [0.1, 0.15) is 47.9 Å². The van der Waals surface area contributed by atoms with Gasteiger partial charge in [0.25, 0.3) is 5.91 Å². The number of nitrogens with zero attached hydrogens (tertiary/aromatic N) is 6. The number of carbonyl (C=O) groups excluding carboxylic acids is 1. The molecule has 0 aliphatic carbocycles. The van der Waals surface area contributed by atoms with E-state index in [2.05, 4.69) is 39.2 Å². The fourth-order valence-corrected chi connectivity index (χ4v) is 3.43. The molecule has 0 saturated carbocycles. The fourth-order valence-electron chi connectivity index (χ4n) is 3.43. The van der Waals surface area contributed by atoms with Crippen molar-refractivity contribution in [1.82, 2.24) is 24.9 Å². The van der Waals surface area contributed by atoms with E-state index in [1.54, 1.807) is 18.5 Å². The highest BCUT2D eigenvalue weighted by Crippen LogP contribution is 2.20. The van der Waals surface area contributed by atoms with Crippen LogP contribution in [0.15, 0.2) is 36.8 Å². The summed E-state index contributed by atoms with van der Waals surface area (Å²) in [5, 5.41) is 19.9. The second-order valence-corrected chi connectivity index (χ2v) is 7.30. The van der Waals surface area contributed by atoms with E-state index < -0.39 is 0 Å². The Kier molecular flexibility index (Phi) is 4.65. The van der Waals surface area contributed by atoms with Gasteiger partial charge in [-0.3, -0.25) is 4.79 Å². The average Bonchev–Trinajstić information content (AvgIpc) is 3.34. The van der Waals surface area contributed by atoms with Crippen molar-refractivity contribution < 1.29 is 4.79 Å². The Morgan fingerprint density at radius 1 is 1.29 bits per heavy atom. The third-order valence-corrected chi connectivity index (χ3v) is 5.05. The Morgan fingerprint density at radius 2 is 2.14 bits per heavy atom. The van der Waals surface area contributed by atoms with Gasteiger partial charge in [-0.1, -0.05) is 19.9 Å². The van der Waals surface area contributed by atoms with E-state index in [1.807, 2.05) is 28.8 Å². The minimum absolute atomic E-state index is 0.0108. The normalized spacial score (nSPS) is 16.5. The molecule has 1 fully saturated rings. The van der Waals surface area contributed by atoms with Crippen molar-refractivity contribution in [3.8, 4) is 6.07 Å². The van der Waals surface area contributed by atoms with Gasteiger partial charge in [-0.2, -0.15) is 5.26 Å². The molecule has 1 aliphatic rings. The molecule has 1 saturated heterocycles. The third kappa shape index (κ3) is 3.39. The molecule has 0 aromatic carbocycles. The highest BCUT2D eigenvalue weighted by Gasteiger charge is 2.26. The number of nitriles is 1. The van der Waals surface area contributed by atoms with Crippen LogP contribution >= 0.6 is 0 Å². The minimum Gasteiger partial charge on any atom is -0.353 e. The maximum atomic E-state index is 12.8. The lowest BCUT2D eigenvalue weighted by Gasteiger charge is -2.17. The predicted octanol–water partition coefficient (Wildman–Crippen LogP) is 2.13. The van der Waals surface area contributed by atoms with Gasteiger partial charge in [0.05, 0.1) is 5.52 Å². The van der Waals surface area contributed by atoms with Crippen molar-refractivity contribution in [3.05, 3.63) is 53.7 Å². The fraction of sp³-hybridized carbons (Fsp3) is 0.350. The summed E-state index contributed by atoms with van der Waals surface area (Å²) < 4.78 is 1.90. The van der Waals surface area contributed by atoms with Crippen LogP contribution in [0.2, 0.25) is 0 Å². The van der Waals surface area contributed by atoms with Gasteiger partial charge in [-0.05, 0) is 36.1 Å². The van der Waals surface area contributed by atoms with Crippen LogP contribution in [0.5, 0.6) is 0 Å². The van der Waals surface area contributed by atoms with Gasteiger partial charge in [0.1, 0.15) is 12.4 Å². The molecule has 4 rings (SSSR count).